The number of rotatable bonds is 13. The van der Waals surface area contributed by atoms with E-state index in [2.05, 4.69) is 52.9 Å². The molecule has 4 aromatic rings. The molecule has 0 saturated carbocycles. The predicted molar refractivity (Wildman–Crippen MR) is 215 cm³/mol. The molecule has 288 valence electrons. The van der Waals surface area contributed by atoms with Crippen LogP contribution in [0.5, 0.6) is 11.5 Å². The number of aryl methyl sites for hydroxylation is 2. The van der Waals surface area contributed by atoms with Gasteiger partial charge in [-0.15, -0.1) is 0 Å². The van der Waals surface area contributed by atoms with Gasteiger partial charge in [-0.25, -0.2) is 4.79 Å². The summed E-state index contributed by atoms with van der Waals surface area (Å²) < 4.78 is 17.2. The van der Waals surface area contributed by atoms with Gasteiger partial charge >= 0.3 is 6.09 Å². The molecule has 1 amide bonds. The molecule has 2 atom stereocenters. The number of carbonyl (C=O) groups excluding carboxylic acids is 1. The Balaban J connectivity index is 0.000000295. The molecule has 4 rings (SSSR count). The summed E-state index contributed by atoms with van der Waals surface area (Å²) in [6, 6.07) is 11.3. The zero-order valence-electron chi connectivity index (χ0n) is 33.0. The molecule has 3 N–H and O–H groups in total. The third kappa shape index (κ3) is 15.1. The summed E-state index contributed by atoms with van der Waals surface area (Å²) in [5.74, 6) is 1.88. The third-order valence-corrected chi connectivity index (χ3v) is 8.25. The van der Waals surface area contributed by atoms with E-state index in [-0.39, 0.29) is 6.61 Å². The number of nitrogens with zero attached hydrogens (tertiary/aromatic N) is 4. The number of hydrogen-bond acceptors (Lipinski definition) is 9. The second-order valence-corrected chi connectivity index (χ2v) is 16.8. The Labute approximate surface area is 325 Å². The van der Waals surface area contributed by atoms with Crippen LogP contribution >= 0.6 is 23.2 Å². The lowest BCUT2D eigenvalue weighted by molar-refractivity contribution is 0.0408. The monoisotopic (exact) mass is 766 g/mol. The normalized spacial score (nSPS) is 13.7. The summed E-state index contributed by atoms with van der Waals surface area (Å²) in [5, 5.41) is 3.95. The van der Waals surface area contributed by atoms with Crippen LogP contribution in [-0.4, -0.2) is 55.9 Å². The number of nitrogens with one attached hydrogen (secondary N) is 1. The van der Waals surface area contributed by atoms with Crippen molar-refractivity contribution in [1.29, 1.82) is 0 Å². The molecule has 0 aromatic carbocycles. The van der Waals surface area contributed by atoms with Crippen LogP contribution in [0.1, 0.15) is 86.5 Å². The first-order valence-corrected chi connectivity index (χ1v) is 18.6. The Morgan fingerprint density at radius 1 is 0.736 bits per heavy atom. The lowest BCUT2D eigenvalue weighted by Gasteiger charge is -2.33. The number of hydrogen-bond donors (Lipinski definition) is 2. The van der Waals surface area contributed by atoms with Gasteiger partial charge in [0.1, 0.15) is 18.8 Å². The number of ether oxygens (including phenoxy) is 3. The van der Waals surface area contributed by atoms with Crippen molar-refractivity contribution in [2.24, 2.45) is 17.6 Å². The first kappa shape index (κ1) is 43.4. The molecule has 0 aliphatic carbocycles. The van der Waals surface area contributed by atoms with Gasteiger partial charge in [-0.2, -0.15) is 0 Å². The molecule has 12 heteroatoms. The van der Waals surface area contributed by atoms with E-state index >= 15 is 0 Å². The SMILES string of the molecule is Cc1cc(-c2cc(Cl)c(OC[C@@](C)(N)CC(C)C)cn2)ccn1.Cc1cc(-c2cc(Cl)c(OC[C@](C)(CC(C)C)NC(=O)OC(C)(C)C)cn2)ccn1. The van der Waals surface area contributed by atoms with Gasteiger partial charge in [0.15, 0.2) is 11.5 Å². The van der Waals surface area contributed by atoms with E-state index in [0.717, 1.165) is 40.3 Å². The number of aromatic nitrogens is 4. The van der Waals surface area contributed by atoms with Crippen LogP contribution < -0.4 is 20.5 Å². The van der Waals surface area contributed by atoms with Crippen LogP contribution in [-0.2, 0) is 4.74 Å². The fraction of sp³-hybridized carbons (Fsp3) is 0.488. The first-order chi connectivity index (χ1) is 24.6. The van der Waals surface area contributed by atoms with Gasteiger partial charge < -0.3 is 25.3 Å². The maximum Gasteiger partial charge on any atom is 0.408 e. The van der Waals surface area contributed by atoms with Gasteiger partial charge in [-0.1, -0.05) is 50.9 Å². The van der Waals surface area contributed by atoms with Crippen LogP contribution in [0.4, 0.5) is 4.79 Å². The minimum atomic E-state index is -0.624. The molecule has 53 heavy (non-hydrogen) atoms. The van der Waals surface area contributed by atoms with E-state index in [1.807, 2.05) is 78.8 Å². The molecular weight excluding hydrogens is 711 g/mol. The molecule has 0 spiro atoms. The summed E-state index contributed by atoms with van der Waals surface area (Å²) in [4.78, 5) is 29.6. The van der Waals surface area contributed by atoms with Crippen LogP contribution in [0.2, 0.25) is 10.0 Å². The summed E-state index contributed by atoms with van der Waals surface area (Å²) in [6.07, 6.45) is 7.89. The molecule has 0 bridgehead atoms. The van der Waals surface area contributed by atoms with E-state index in [1.54, 1.807) is 30.9 Å². The number of alkyl carbamates (subject to hydrolysis) is 1. The molecule has 10 nitrogen and oxygen atoms in total. The Kier molecular flexibility index (Phi) is 15.4. The second kappa shape index (κ2) is 18.9. The van der Waals surface area contributed by atoms with E-state index in [1.165, 1.54) is 0 Å². The van der Waals surface area contributed by atoms with Gasteiger partial charge in [-0.05, 0) is 110 Å². The first-order valence-electron chi connectivity index (χ1n) is 17.9. The Morgan fingerprint density at radius 3 is 1.58 bits per heavy atom. The third-order valence-electron chi connectivity index (χ3n) is 7.66. The molecule has 0 radical (unpaired) electrons. The number of pyridine rings is 4. The average Bonchev–Trinajstić information content (AvgIpc) is 3.02. The van der Waals surface area contributed by atoms with Crippen molar-refractivity contribution in [3.05, 3.63) is 82.6 Å². The topological polar surface area (TPSA) is 134 Å². The van der Waals surface area contributed by atoms with Gasteiger partial charge in [0.2, 0.25) is 0 Å². The van der Waals surface area contributed by atoms with Crippen molar-refractivity contribution in [3.63, 3.8) is 0 Å². The van der Waals surface area contributed by atoms with Crippen molar-refractivity contribution in [2.75, 3.05) is 13.2 Å². The number of nitrogens with two attached hydrogens (primary N) is 1. The van der Waals surface area contributed by atoms with Crippen molar-refractivity contribution in [1.82, 2.24) is 25.3 Å². The van der Waals surface area contributed by atoms with Crippen LogP contribution in [0.25, 0.3) is 22.5 Å². The summed E-state index contributed by atoms with van der Waals surface area (Å²) in [5.41, 5.74) is 9.98. The van der Waals surface area contributed by atoms with Crippen molar-refractivity contribution < 1.29 is 19.0 Å². The minimum Gasteiger partial charge on any atom is -0.488 e. The molecule has 0 saturated heterocycles. The predicted octanol–water partition coefficient (Wildman–Crippen LogP) is 10.1. The van der Waals surface area contributed by atoms with E-state index < -0.39 is 22.8 Å². The molecule has 0 aliphatic rings. The molecule has 0 unspecified atom stereocenters. The molecule has 0 aliphatic heterocycles. The highest BCUT2D eigenvalue weighted by Gasteiger charge is 2.31. The largest absolute Gasteiger partial charge is 0.488 e. The summed E-state index contributed by atoms with van der Waals surface area (Å²) >= 11 is 12.8. The van der Waals surface area contributed by atoms with E-state index in [4.69, 9.17) is 43.1 Å². The van der Waals surface area contributed by atoms with Gasteiger partial charge in [0.25, 0.3) is 0 Å². The van der Waals surface area contributed by atoms with Crippen LogP contribution in [0.3, 0.4) is 0 Å². The van der Waals surface area contributed by atoms with Crippen molar-refractivity contribution in [2.45, 2.75) is 106 Å². The van der Waals surface area contributed by atoms with Crippen molar-refractivity contribution in [3.8, 4) is 34.0 Å². The molecule has 4 aromatic heterocycles. The molecular formula is C41H56Cl2N6O4. The van der Waals surface area contributed by atoms with Crippen LogP contribution in [0, 0.1) is 25.7 Å². The smallest absolute Gasteiger partial charge is 0.408 e. The average molecular weight is 768 g/mol. The Bertz CT molecular complexity index is 1810. The fourth-order valence-corrected chi connectivity index (χ4v) is 6.26. The minimum absolute atomic E-state index is 0.236. The number of carbonyl (C=O) groups is 1. The maximum absolute atomic E-state index is 12.3. The van der Waals surface area contributed by atoms with Crippen molar-refractivity contribution >= 4 is 29.3 Å². The van der Waals surface area contributed by atoms with E-state index in [0.29, 0.717) is 46.4 Å². The molecule has 4 heterocycles. The highest BCUT2D eigenvalue weighted by atomic mass is 35.5. The second-order valence-electron chi connectivity index (χ2n) is 16.0. The lowest BCUT2D eigenvalue weighted by atomic mass is 9.91. The standard InChI is InChI=1S/C23H32ClN3O3.C18H24ClN3O/c1-15(2)12-23(7,27-21(28)30-22(4,5)6)14-29-20-13-26-19(11-18(20)24)17-8-9-25-16(3)10-17;1-12(2)9-18(4,20)11-23-17-10-22-16(8-15(17)19)14-5-6-21-13(3)7-14/h8-11,13,15H,12,14H2,1-7H3,(H,27,28);5-8,10,12H,9,11,20H2,1-4H3/t23-;18-/m00/s1. The highest BCUT2D eigenvalue weighted by molar-refractivity contribution is 6.32. The van der Waals surface area contributed by atoms with Crippen LogP contribution in [0.15, 0.2) is 61.2 Å². The Morgan fingerprint density at radius 2 is 1.19 bits per heavy atom. The quantitative estimate of drug-likeness (QED) is 0.136. The Hall–Kier alpha value is -3.99. The zero-order valence-corrected chi connectivity index (χ0v) is 34.5. The van der Waals surface area contributed by atoms with E-state index in [9.17, 15) is 4.79 Å². The number of amides is 1. The maximum atomic E-state index is 12.3. The zero-order chi connectivity index (χ0) is 39.6. The highest BCUT2D eigenvalue weighted by Crippen LogP contribution is 2.31. The number of halogens is 2. The lowest BCUT2D eigenvalue weighted by Crippen LogP contribution is -2.52. The molecule has 0 fully saturated rings. The van der Waals surface area contributed by atoms with Gasteiger partial charge in [0.05, 0.1) is 39.4 Å². The fourth-order valence-electron chi connectivity index (χ4n) is 5.84. The summed E-state index contributed by atoms with van der Waals surface area (Å²) in [6.45, 7) is 22.4. The summed E-state index contributed by atoms with van der Waals surface area (Å²) in [7, 11) is 0. The van der Waals surface area contributed by atoms with Gasteiger partial charge in [-0.3, -0.25) is 19.9 Å². The van der Waals surface area contributed by atoms with Gasteiger partial charge in [0, 0.05) is 40.4 Å².